The van der Waals surface area contributed by atoms with E-state index in [2.05, 4.69) is 32.1 Å². The van der Waals surface area contributed by atoms with E-state index in [1.54, 1.807) is 18.2 Å². The van der Waals surface area contributed by atoms with Gasteiger partial charge in [-0.3, -0.25) is 0 Å². The van der Waals surface area contributed by atoms with Crippen LogP contribution in [0, 0.1) is 0 Å². The quantitative estimate of drug-likeness (QED) is 0.560. The fourth-order valence-electron chi connectivity index (χ4n) is 3.59. The van der Waals surface area contributed by atoms with E-state index in [1.807, 2.05) is 12.1 Å². The Bertz CT molecular complexity index is 1020. The minimum atomic E-state index is 0.401. The molecule has 0 spiro atoms. The number of nitrogens with one attached hydrogen (secondary N) is 1. The van der Waals surface area contributed by atoms with Crippen molar-refractivity contribution in [2.75, 3.05) is 57.4 Å². The van der Waals surface area contributed by atoms with Gasteiger partial charge in [-0.15, -0.1) is 0 Å². The van der Waals surface area contributed by atoms with Gasteiger partial charge in [-0.25, -0.2) is 9.97 Å². The lowest BCUT2D eigenvalue weighted by molar-refractivity contribution is 0.154. The van der Waals surface area contributed by atoms with Gasteiger partial charge in [0.15, 0.2) is 5.65 Å². The predicted octanol–water partition coefficient (Wildman–Crippen LogP) is 3.63. The fraction of sp³-hybridized carbons (Fsp3) is 0.381. The first-order valence-electron chi connectivity index (χ1n) is 10.0. The number of hydrogen-bond donors (Lipinski definition) is 2. The molecule has 0 saturated carbocycles. The Labute approximate surface area is 186 Å². The molecule has 4 rings (SSSR count). The van der Waals surface area contributed by atoms with Crippen LogP contribution >= 0.6 is 23.2 Å². The van der Waals surface area contributed by atoms with E-state index in [0.717, 1.165) is 51.1 Å². The zero-order valence-electron chi connectivity index (χ0n) is 16.9. The molecule has 3 N–H and O–H groups in total. The molecule has 9 heteroatoms. The van der Waals surface area contributed by atoms with Gasteiger partial charge in [-0.2, -0.15) is 4.98 Å². The first-order chi connectivity index (χ1) is 14.5. The van der Waals surface area contributed by atoms with E-state index in [0.29, 0.717) is 38.7 Å². The minimum absolute atomic E-state index is 0.401. The Hall–Kier alpha value is -2.19. The molecule has 0 unspecified atom stereocenters. The third kappa shape index (κ3) is 4.75. The van der Waals surface area contributed by atoms with Gasteiger partial charge in [-0.05, 0) is 44.3 Å². The van der Waals surface area contributed by atoms with Gasteiger partial charge in [-0.1, -0.05) is 29.3 Å². The molecule has 1 aromatic carbocycles. The molecule has 1 saturated heterocycles. The summed E-state index contributed by atoms with van der Waals surface area (Å²) in [6.07, 6.45) is 0.998. The zero-order chi connectivity index (χ0) is 21.1. The van der Waals surface area contributed by atoms with Crippen molar-refractivity contribution in [3.63, 3.8) is 0 Å². The highest BCUT2D eigenvalue weighted by molar-refractivity contribution is 6.39. The largest absolute Gasteiger partial charge is 0.384 e. The molecular weight excluding hydrogens is 421 g/mol. The highest BCUT2D eigenvalue weighted by atomic mass is 35.5. The van der Waals surface area contributed by atoms with E-state index in [4.69, 9.17) is 33.9 Å². The summed E-state index contributed by atoms with van der Waals surface area (Å²) in [5.74, 6) is 0.892. The molecule has 1 aliphatic rings. The SMILES string of the molecule is CN1CCN(CCCNc2nc(-c3c(Cl)cccc3Cl)c3ccc(N)nc3n2)CC1. The van der Waals surface area contributed by atoms with Gasteiger partial charge >= 0.3 is 0 Å². The number of hydrogen-bond acceptors (Lipinski definition) is 7. The standard InChI is InChI=1S/C21H25Cl2N7/c1-29-10-12-30(13-11-29)9-3-8-25-21-27-19(18-15(22)4-2-5-16(18)23)14-6-7-17(24)26-20(14)28-21/h2,4-7H,3,8-13H2,1H3,(H3,24,25,26,27,28). The number of nitrogens with zero attached hydrogens (tertiary/aromatic N) is 5. The fourth-order valence-corrected chi connectivity index (χ4v) is 4.17. The molecule has 0 aliphatic carbocycles. The molecular formula is C21H25Cl2N7. The molecule has 30 heavy (non-hydrogen) atoms. The van der Waals surface area contributed by atoms with Crippen molar-refractivity contribution in [3.05, 3.63) is 40.4 Å². The number of aromatic nitrogens is 3. The normalized spacial score (nSPS) is 15.6. The van der Waals surface area contributed by atoms with E-state index in [-0.39, 0.29) is 0 Å². The molecule has 2 aromatic heterocycles. The lowest BCUT2D eigenvalue weighted by Gasteiger charge is -2.32. The molecule has 3 heterocycles. The monoisotopic (exact) mass is 445 g/mol. The number of nitrogens with two attached hydrogens (primary N) is 1. The van der Waals surface area contributed by atoms with Gasteiger partial charge in [0.05, 0.1) is 15.7 Å². The summed E-state index contributed by atoms with van der Waals surface area (Å²) in [6, 6.07) is 8.98. The van der Waals surface area contributed by atoms with Gasteiger partial charge in [0.1, 0.15) is 5.82 Å². The van der Waals surface area contributed by atoms with Crippen molar-refractivity contribution in [3.8, 4) is 11.3 Å². The van der Waals surface area contributed by atoms with Crippen molar-refractivity contribution >= 4 is 46.0 Å². The van der Waals surface area contributed by atoms with Crippen LogP contribution < -0.4 is 11.1 Å². The number of likely N-dealkylation sites (N-methyl/N-ethyl adjacent to an activating group) is 1. The highest BCUT2D eigenvalue weighted by Crippen LogP contribution is 2.37. The molecule has 0 bridgehead atoms. The summed E-state index contributed by atoms with van der Waals surface area (Å²) in [6.45, 7) is 6.27. The minimum Gasteiger partial charge on any atom is -0.384 e. The predicted molar refractivity (Wildman–Crippen MR) is 124 cm³/mol. The number of piperazine rings is 1. The number of nitrogen functional groups attached to an aromatic ring is 1. The van der Waals surface area contributed by atoms with Crippen molar-refractivity contribution in [2.24, 2.45) is 0 Å². The number of fused-ring (bicyclic) bond motifs is 1. The smallest absolute Gasteiger partial charge is 0.225 e. The average molecular weight is 446 g/mol. The van der Waals surface area contributed by atoms with Gasteiger partial charge in [0.25, 0.3) is 0 Å². The van der Waals surface area contributed by atoms with Gasteiger partial charge in [0, 0.05) is 43.7 Å². The summed E-state index contributed by atoms with van der Waals surface area (Å²) in [4.78, 5) is 18.5. The van der Waals surface area contributed by atoms with E-state index < -0.39 is 0 Å². The molecule has 7 nitrogen and oxygen atoms in total. The Morgan fingerprint density at radius 2 is 1.73 bits per heavy atom. The number of anilines is 2. The number of rotatable bonds is 6. The van der Waals surface area contributed by atoms with Crippen LogP contribution in [0.15, 0.2) is 30.3 Å². The van der Waals surface area contributed by atoms with Crippen LogP contribution in [0.25, 0.3) is 22.3 Å². The van der Waals surface area contributed by atoms with Crippen molar-refractivity contribution in [2.45, 2.75) is 6.42 Å². The van der Waals surface area contributed by atoms with Crippen LogP contribution in [0.1, 0.15) is 6.42 Å². The molecule has 0 amide bonds. The second-order valence-electron chi connectivity index (χ2n) is 7.53. The Balaban J connectivity index is 1.55. The lowest BCUT2D eigenvalue weighted by atomic mass is 10.1. The van der Waals surface area contributed by atoms with Crippen LogP contribution in [0.2, 0.25) is 10.0 Å². The highest BCUT2D eigenvalue weighted by Gasteiger charge is 2.17. The Kier molecular flexibility index (Phi) is 6.53. The van der Waals surface area contributed by atoms with Crippen molar-refractivity contribution in [1.82, 2.24) is 24.8 Å². The van der Waals surface area contributed by atoms with Crippen LogP contribution in [0.5, 0.6) is 0 Å². The van der Waals surface area contributed by atoms with Crippen LogP contribution in [-0.4, -0.2) is 71.1 Å². The Morgan fingerprint density at radius 1 is 1.00 bits per heavy atom. The van der Waals surface area contributed by atoms with Crippen LogP contribution in [0.3, 0.4) is 0 Å². The van der Waals surface area contributed by atoms with Gasteiger partial charge < -0.3 is 20.9 Å². The topological polar surface area (TPSA) is 83.2 Å². The summed E-state index contributed by atoms with van der Waals surface area (Å²) < 4.78 is 0. The third-order valence-corrected chi connectivity index (χ3v) is 5.94. The van der Waals surface area contributed by atoms with Crippen molar-refractivity contribution < 1.29 is 0 Å². The lowest BCUT2D eigenvalue weighted by Crippen LogP contribution is -2.44. The second-order valence-corrected chi connectivity index (χ2v) is 8.34. The maximum Gasteiger partial charge on any atom is 0.225 e. The van der Waals surface area contributed by atoms with Gasteiger partial charge in [0.2, 0.25) is 5.95 Å². The molecule has 0 radical (unpaired) electrons. The second kappa shape index (κ2) is 9.31. The van der Waals surface area contributed by atoms with E-state index >= 15 is 0 Å². The zero-order valence-corrected chi connectivity index (χ0v) is 18.4. The molecule has 0 atom stereocenters. The maximum absolute atomic E-state index is 6.45. The van der Waals surface area contributed by atoms with Crippen LogP contribution in [-0.2, 0) is 0 Å². The van der Waals surface area contributed by atoms with Crippen molar-refractivity contribution in [1.29, 1.82) is 0 Å². The summed E-state index contributed by atoms with van der Waals surface area (Å²) in [5, 5.41) is 5.14. The average Bonchev–Trinajstić information content (AvgIpc) is 2.72. The number of halogens is 2. The Morgan fingerprint density at radius 3 is 2.47 bits per heavy atom. The molecule has 158 valence electrons. The number of benzene rings is 1. The van der Waals surface area contributed by atoms with Crippen LogP contribution in [0.4, 0.5) is 11.8 Å². The third-order valence-electron chi connectivity index (χ3n) is 5.31. The maximum atomic E-state index is 6.45. The first kappa shape index (κ1) is 21.1. The van der Waals surface area contributed by atoms with E-state index in [1.165, 1.54) is 0 Å². The number of pyridine rings is 1. The molecule has 1 fully saturated rings. The summed E-state index contributed by atoms with van der Waals surface area (Å²) >= 11 is 12.9. The summed E-state index contributed by atoms with van der Waals surface area (Å²) in [7, 11) is 2.17. The first-order valence-corrected chi connectivity index (χ1v) is 10.8. The summed E-state index contributed by atoms with van der Waals surface area (Å²) in [5.41, 5.74) is 7.71. The van der Waals surface area contributed by atoms with E-state index in [9.17, 15) is 0 Å². The molecule has 3 aromatic rings. The molecule has 1 aliphatic heterocycles.